The highest BCUT2D eigenvalue weighted by Gasteiger charge is 2.12. The van der Waals surface area contributed by atoms with Gasteiger partial charge in [-0.3, -0.25) is 0 Å². The van der Waals surface area contributed by atoms with Gasteiger partial charge < -0.3 is 20.3 Å². The summed E-state index contributed by atoms with van der Waals surface area (Å²) in [6, 6.07) is 3.49. The van der Waals surface area contributed by atoms with E-state index in [0.29, 0.717) is 23.1 Å². The van der Waals surface area contributed by atoms with Crippen LogP contribution < -0.4 is 15.2 Å². The zero-order chi connectivity index (χ0) is 12.1. The van der Waals surface area contributed by atoms with E-state index in [4.69, 9.17) is 31.9 Å². The third kappa shape index (κ3) is 3.27. The molecule has 1 atom stereocenters. The van der Waals surface area contributed by atoms with Crippen molar-refractivity contribution in [1.82, 2.24) is 0 Å². The number of aliphatic hydroxyl groups excluding tert-OH is 1. The lowest BCUT2D eigenvalue weighted by molar-refractivity contribution is 0.120. The van der Waals surface area contributed by atoms with Crippen molar-refractivity contribution in [3.05, 3.63) is 22.7 Å². The van der Waals surface area contributed by atoms with Gasteiger partial charge in [0.2, 0.25) is 0 Å². The molecule has 1 unspecified atom stereocenters. The summed E-state index contributed by atoms with van der Waals surface area (Å²) in [5, 5.41) is 9.57. The lowest BCUT2D eigenvalue weighted by atomic mass is 10.2. The minimum absolute atomic E-state index is 0.165. The molecule has 0 fully saturated rings. The van der Waals surface area contributed by atoms with Gasteiger partial charge in [-0.2, -0.15) is 0 Å². The average molecular weight is 246 g/mol. The summed E-state index contributed by atoms with van der Waals surface area (Å²) < 4.78 is 10.5. The van der Waals surface area contributed by atoms with E-state index in [0.717, 1.165) is 5.56 Å². The van der Waals surface area contributed by atoms with Crippen molar-refractivity contribution in [2.24, 2.45) is 5.73 Å². The van der Waals surface area contributed by atoms with Gasteiger partial charge in [-0.15, -0.1) is 0 Å². The van der Waals surface area contributed by atoms with Gasteiger partial charge in [-0.05, 0) is 24.6 Å². The number of hydrogen-bond donors (Lipinski definition) is 2. The molecule has 0 radical (unpaired) electrons. The van der Waals surface area contributed by atoms with Crippen LogP contribution >= 0.6 is 11.6 Å². The zero-order valence-corrected chi connectivity index (χ0v) is 10.1. The van der Waals surface area contributed by atoms with Crippen LogP contribution in [0.25, 0.3) is 0 Å². The summed E-state index contributed by atoms with van der Waals surface area (Å²) in [6.45, 7) is 2.18. The molecular weight excluding hydrogens is 230 g/mol. The molecule has 0 spiro atoms. The minimum atomic E-state index is -0.560. The van der Waals surface area contributed by atoms with Crippen LogP contribution in [0.2, 0.25) is 5.02 Å². The van der Waals surface area contributed by atoms with E-state index in [9.17, 15) is 0 Å². The first-order valence-electron chi connectivity index (χ1n) is 4.95. The van der Waals surface area contributed by atoms with Crippen molar-refractivity contribution in [3.63, 3.8) is 0 Å². The quantitative estimate of drug-likeness (QED) is 0.827. The third-order valence-electron chi connectivity index (χ3n) is 1.99. The number of halogens is 1. The normalized spacial score (nSPS) is 12.3. The molecule has 0 bridgehead atoms. The van der Waals surface area contributed by atoms with Crippen LogP contribution in [-0.2, 0) is 6.54 Å². The van der Waals surface area contributed by atoms with Crippen LogP contribution in [0.4, 0.5) is 0 Å². The topological polar surface area (TPSA) is 64.7 Å². The van der Waals surface area contributed by atoms with Gasteiger partial charge in [-0.25, -0.2) is 0 Å². The molecule has 4 nitrogen and oxygen atoms in total. The van der Waals surface area contributed by atoms with Gasteiger partial charge in [-0.1, -0.05) is 11.6 Å². The van der Waals surface area contributed by atoms with Crippen molar-refractivity contribution in [2.75, 3.05) is 13.7 Å². The molecule has 0 aliphatic carbocycles. The lowest BCUT2D eigenvalue weighted by Gasteiger charge is -2.14. The molecule has 90 valence electrons. The van der Waals surface area contributed by atoms with Crippen LogP contribution in [0.15, 0.2) is 12.1 Å². The smallest absolute Gasteiger partial charge is 0.179 e. The second-order valence-electron chi connectivity index (χ2n) is 3.47. The predicted octanol–water partition coefficient (Wildman–Crippen LogP) is 1.57. The van der Waals surface area contributed by atoms with Crippen LogP contribution in [0, 0.1) is 0 Å². The minimum Gasteiger partial charge on any atom is -0.493 e. The highest BCUT2D eigenvalue weighted by Crippen LogP contribution is 2.36. The fourth-order valence-corrected chi connectivity index (χ4v) is 1.52. The van der Waals surface area contributed by atoms with Crippen LogP contribution in [-0.4, -0.2) is 24.9 Å². The molecule has 1 aromatic rings. The zero-order valence-electron chi connectivity index (χ0n) is 9.37. The lowest BCUT2D eigenvalue weighted by Crippen LogP contribution is -2.13. The highest BCUT2D eigenvalue weighted by atomic mass is 35.5. The number of benzene rings is 1. The summed E-state index contributed by atoms with van der Waals surface area (Å²) in [4.78, 5) is 0. The van der Waals surface area contributed by atoms with Crippen LogP contribution in [0.1, 0.15) is 12.5 Å². The van der Waals surface area contributed by atoms with Gasteiger partial charge in [0.15, 0.2) is 11.5 Å². The maximum Gasteiger partial charge on any atom is 0.179 e. The van der Waals surface area contributed by atoms with Crippen molar-refractivity contribution in [3.8, 4) is 11.5 Å². The molecular formula is C11H16ClNO3. The molecule has 1 aromatic carbocycles. The first kappa shape index (κ1) is 13.1. The number of methoxy groups -OCH3 is 1. The number of rotatable bonds is 5. The van der Waals surface area contributed by atoms with E-state index >= 15 is 0 Å². The van der Waals surface area contributed by atoms with Crippen molar-refractivity contribution in [1.29, 1.82) is 0 Å². The van der Waals surface area contributed by atoms with Crippen molar-refractivity contribution < 1.29 is 14.6 Å². The van der Waals surface area contributed by atoms with E-state index < -0.39 is 6.10 Å². The molecule has 3 N–H and O–H groups in total. The third-order valence-corrected chi connectivity index (χ3v) is 2.27. The molecule has 0 aliphatic heterocycles. The Morgan fingerprint density at radius 3 is 2.69 bits per heavy atom. The first-order valence-corrected chi connectivity index (χ1v) is 5.33. The van der Waals surface area contributed by atoms with Crippen LogP contribution in [0.3, 0.4) is 0 Å². The SMILES string of the molecule is COc1cc(CN)cc(Cl)c1OCC(C)O. The molecule has 0 saturated heterocycles. The predicted molar refractivity (Wildman–Crippen MR) is 63.1 cm³/mol. The maximum atomic E-state index is 9.14. The highest BCUT2D eigenvalue weighted by molar-refractivity contribution is 6.32. The van der Waals surface area contributed by atoms with E-state index in [-0.39, 0.29) is 6.61 Å². The van der Waals surface area contributed by atoms with Gasteiger partial charge in [0.25, 0.3) is 0 Å². The molecule has 16 heavy (non-hydrogen) atoms. The Balaban J connectivity index is 2.97. The number of aliphatic hydroxyl groups is 1. The Labute approximate surface area is 99.9 Å². The van der Waals surface area contributed by atoms with Gasteiger partial charge in [0.1, 0.15) is 6.61 Å². The standard InChI is InChI=1S/C11H16ClNO3/c1-7(14)6-16-11-9(12)3-8(5-13)4-10(11)15-2/h3-4,7,14H,5-6,13H2,1-2H3. The Morgan fingerprint density at radius 2 is 2.19 bits per heavy atom. The molecule has 0 amide bonds. The molecule has 0 aromatic heterocycles. The van der Waals surface area contributed by atoms with Crippen molar-refractivity contribution in [2.45, 2.75) is 19.6 Å². The van der Waals surface area contributed by atoms with E-state index in [1.165, 1.54) is 7.11 Å². The number of ether oxygens (including phenoxy) is 2. The van der Waals surface area contributed by atoms with Gasteiger partial charge in [0.05, 0.1) is 18.2 Å². The van der Waals surface area contributed by atoms with Crippen LogP contribution in [0.5, 0.6) is 11.5 Å². The van der Waals surface area contributed by atoms with E-state index in [2.05, 4.69) is 0 Å². The summed E-state index contributed by atoms with van der Waals surface area (Å²) in [5.74, 6) is 0.955. The summed E-state index contributed by atoms with van der Waals surface area (Å²) >= 11 is 6.03. The van der Waals surface area contributed by atoms with E-state index in [1.807, 2.05) is 0 Å². The Kier molecular flexibility index (Phi) is 4.86. The second-order valence-corrected chi connectivity index (χ2v) is 3.88. The van der Waals surface area contributed by atoms with E-state index in [1.54, 1.807) is 19.1 Å². The largest absolute Gasteiger partial charge is 0.493 e. The Morgan fingerprint density at radius 1 is 1.50 bits per heavy atom. The summed E-state index contributed by atoms with van der Waals surface area (Å²) in [7, 11) is 1.53. The first-order chi connectivity index (χ1) is 7.58. The maximum absolute atomic E-state index is 9.14. The average Bonchev–Trinajstić information content (AvgIpc) is 2.26. The van der Waals surface area contributed by atoms with Gasteiger partial charge in [0, 0.05) is 6.54 Å². The fraction of sp³-hybridized carbons (Fsp3) is 0.455. The molecule has 0 heterocycles. The monoisotopic (exact) mass is 245 g/mol. The Bertz CT molecular complexity index is 355. The van der Waals surface area contributed by atoms with Gasteiger partial charge >= 0.3 is 0 Å². The molecule has 0 saturated carbocycles. The second kappa shape index (κ2) is 5.94. The summed E-state index contributed by atoms with van der Waals surface area (Å²) in [5.41, 5.74) is 6.39. The summed E-state index contributed by atoms with van der Waals surface area (Å²) in [6.07, 6.45) is -0.560. The number of nitrogens with two attached hydrogens (primary N) is 1. The Hall–Kier alpha value is -0.970. The fourth-order valence-electron chi connectivity index (χ4n) is 1.24. The van der Waals surface area contributed by atoms with Crippen molar-refractivity contribution >= 4 is 11.6 Å². The molecule has 0 aliphatic rings. The number of hydrogen-bond acceptors (Lipinski definition) is 4. The molecule has 5 heteroatoms. The molecule has 1 rings (SSSR count).